The number of hydrogen-bond donors (Lipinski definition) is 1. The van der Waals surface area contributed by atoms with E-state index in [1.165, 1.54) is 24.2 Å². The van der Waals surface area contributed by atoms with E-state index in [9.17, 15) is 0 Å². The third-order valence-electron chi connectivity index (χ3n) is 2.84. The third kappa shape index (κ3) is 1.36. The van der Waals surface area contributed by atoms with Crippen molar-refractivity contribution in [2.75, 3.05) is 6.61 Å². The first-order valence-electron chi connectivity index (χ1n) is 4.78. The van der Waals surface area contributed by atoms with Gasteiger partial charge in [-0.25, -0.2) is 0 Å². The number of aliphatic hydroxyl groups is 1. The van der Waals surface area contributed by atoms with Crippen molar-refractivity contribution in [1.29, 1.82) is 0 Å². The summed E-state index contributed by atoms with van der Waals surface area (Å²) in [5, 5.41) is 8.93. The summed E-state index contributed by atoms with van der Waals surface area (Å²) in [6.07, 6.45) is 4.56. The van der Waals surface area contributed by atoms with E-state index in [-0.39, 0.29) is 12.7 Å². The van der Waals surface area contributed by atoms with E-state index in [0.29, 0.717) is 0 Å². The largest absolute Gasteiger partial charge is 0.492 e. The Labute approximate surface area is 73.2 Å². The van der Waals surface area contributed by atoms with Gasteiger partial charge in [-0.1, -0.05) is 6.92 Å². The van der Waals surface area contributed by atoms with Crippen LogP contribution in [0.25, 0.3) is 0 Å². The smallest absolute Gasteiger partial charge is 0.125 e. The first-order chi connectivity index (χ1) is 5.79. The Morgan fingerprint density at radius 2 is 2.33 bits per heavy atom. The predicted molar refractivity (Wildman–Crippen MR) is 46.6 cm³/mol. The van der Waals surface area contributed by atoms with E-state index in [1.54, 1.807) is 0 Å². The predicted octanol–water partition coefficient (Wildman–Crippen LogP) is 1.84. The standard InChI is InChI=1S/C10H16O2/c1-7-2-3-10-8(4-7)5-9(6-11)12-10/h7,9,11H,2-6H2,1H3. The van der Waals surface area contributed by atoms with Gasteiger partial charge in [0.05, 0.1) is 12.4 Å². The molecule has 2 nitrogen and oxygen atoms in total. The Balaban J connectivity index is 2.03. The van der Waals surface area contributed by atoms with Crippen molar-refractivity contribution in [2.45, 2.75) is 38.7 Å². The number of aliphatic hydroxyl groups excluding tert-OH is 1. The van der Waals surface area contributed by atoms with Crippen LogP contribution < -0.4 is 0 Å². The van der Waals surface area contributed by atoms with Crippen LogP contribution in [-0.4, -0.2) is 17.8 Å². The van der Waals surface area contributed by atoms with Crippen LogP contribution in [0.15, 0.2) is 11.3 Å². The maximum absolute atomic E-state index is 8.93. The van der Waals surface area contributed by atoms with Crippen molar-refractivity contribution < 1.29 is 9.84 Å². The minimum absolute atomic E-state index is 0.0697. The molecule has 2 atom stereocenters. The molecule has 1 aliphatic carbocycles. The van der Waals surface area contributed by atoms with Gasteiger partial charge in [-0.3, -0.25) is 0 Å². The Hall–Kier alpha value is -0.500. The summed E-state index contributed by atoms with van der Waals surface area (Å²) in [5.41, 5.74) is 1.47. The molecule has 0 saturated carbocycles. The van der Waals surface area contributed by atoms with E-state index in [0.717, 1.165) is 18.8 Å². The molecule has 2 aliphatic rings. The molecule has 0 saturated heterocycles. The van der Waals surface area contributed by atoms with E-state index in [4.69, 9.17) is 9.84 Å². The maximum atomic E-state index is 8.93. The Morgan fingerprint density at radius 3 is 3.08 bits per heavy atom. The second-order valence-corrected chi connectivity index (χ2v) is 4.00. The highest BCUT2D eigenvalue weighted by atomic mass is 16.5. The van der Waals surface area contributed by atoms with Crippen molar-refractivity contribution >= 4 is 0 Å². The molecule has 0 aromatic heterocycles. The summed E-state index contributed by atoms with van der Waals surface area (Å²) in [7, 11) is 0. The first-order valence-corrected chi connectivity index (χ1v) is 4.78. The molecule has 1 aliphatic heterocycles. The number of hydrogen-bond acceptors (Lipinski definition) is 2. The van der Waals surface area contributed by atoms with Crippen LogP contribution in [0.2, 0.25) is 0 Å². The highest BCUT2D eigenvalue weighted by Crippen LogP contribution is 2.37. The Morgan fingerprint density at radius 1 is 1.50 bits per heavy atom. The van der Waals surface area contributed by atoms with Gasteiger partial charge < -0.3 is 9.84 Å². The zero-order valence-corrected chi connectivity index (χ0v) is 7.55. The van der Waals surface area contributed by atoms with Crippen molar-refractivity contribution in [3.63, 3.8) is 0 Å². The summed E-state index contributed by atoms with van der Waals surface area (Å²) in [6, 6.07) is 0. The molecule has 1 heterocycles. The fraction of sp³-hybridized carbons (Fsp3) is 0.800. The van der Waals surface area contributed by atoms with Crippen LogP contribution in [-0.2, 0) is 4.74 Å². The molecule has 2 heteroatoms. The molecule has 0 spiro atoms. The van der Waals surface area contributed by atoms with Crippen molar-refractivity contribution in [2.24, 2.45) is 5.92 Å². The molecule has 1 N–H and O–H groups in total. The van der Waals surface area contributed by atoms with Gasteiger partial charge in [0, 0.05) is 12.8 Å². The van der Waals surface area contributed by atoms with Crippen molar-refractivity contribution in [3.8, 4) is 0 Å². The molecule has 0 aromatic carbocycles. The Bertz CT molecular complexity index is 208. The molecule has 0 radical (unpaired) electrons. The second-order valence-electron chi connectivity index (χ2n) is 4.00. The molecule has 68 valence electrons. The summed E-state index contributed by atoms with van der Waals surface area (Å²) < 4.78 is 5.59. The van der Waals surface area contributed by atoms with Gasteiger partial charge in [-0.05, 0) is 24.3 Å². The van der Waals surface area contributed by atoms with Gasteiger partial charge in [0.15, 0.2) is 0 Å². The molecule has 0 bridgehead atoms. The van der Waals surface area contributed by atoms with Crippen LogP contribution in [0.3, 0.4) is 0 Å². The molecular weight excluding hydrogens is 152 g/mol. The van der Waals surface area contributed by atoms with Crippen LogP contribution >= 0.6 is 0 Å². The molecule has 0 fully saturated rings. The van der Waals surface area contributed by atoms with Crippen molar-refractivity contribution in [3.05, 3.63) is 11.3 Å². The molecular formula is C10H16O2. The van der Waals surface area contributed by atoms with Gasteiger partial charge in [-0.15, -0.1) is 0 Å². The zero-order chi connectivity index (χ0) is 8.55. The van der Waals surface area contributed by atoms with Crippen LogP contribution in [0.5, 0.6) is 0 Å². The van der Waals surface area contributed by atoms with Crippen LogP contribution in [0, 0.1) is 5.92 Å². The molecule has 2 rings (SSSR count). The first kappa shape index (κ1) is 8.11. The lowest BCUT2D eigenvalue weighted by molar-refractivity contribution is 0.0750. The van der Waals surface area contributed by atoms with Gasteiger partial charge in [-0.2, -0.15) is 0 Å². The summed E-state index contributed by atoms with van der Waals surface area (Å²) in [4.78, 5) is 0. The summed E-state index contributed by atoms with van der Waals surface area (Å²) in [6.45, 7) is 2.46. The van der Waals surface area contributed by atoms with Gasteiger partial charge >= 0.3 is 0 Å². The number of ether oxygens (including phenoxy) is 1. The lowest BCUT2D eigenvalue weighted by Gasteiger charge is -2.18. The van der Waals surface area contributed by atoms with Gasteiger partial charge in [0.2, 0.25) is 0 Å². The highest BCUT2D eigenvalue weighted by molar-refractivity contribution is 5.18. The minimum atomic E-state index is 0.0697. The van der Waals surface area contributed by atoms with Crippen LogP contribution in [0.4, 0.5) is 0 Å². The van der Waals surface area contributed by atoms with Gasteiger partial charge in [0.1, 0.15) is 6.10 Å². The number of allylic oxidation sites excluding steroid dienone is 1. The molecule has 2 unspecified atom stereocenters. The van der Waals surface area contributed by atoms with E-state index in [1.807, 2.05) is 0 Å². The molecule has 12 heavy (non-hydrogen) atoms. The lowest BCUT2D eigenvalue weighted by Crippen LogP contribution is -2.10. The van der Waals surface area contributed by atoms with Crippen molar-refractivity contribution in [1.82, 2.24) is 0 Å². The number of rotatable bonds is 1. The molecule has 0 aromatic rings. The quantitative estimate of drug-likeness (QED) is 0.647. The van der Waals surface area contributed by atoms with Crippen LogP contribution in [0.1, 0.15) is 32.6 Å². The van der Waals surface area contributed by atoms with Gasteiger partial charge in [0.25, 0.3) is 0 Å². The second kappa shape index (κ2) is 3.09. The monoisotopic (exact) mass is 168 g/mol. The maximum Gasteiger partial charge on any atom is 0.125 e. The zero-order valence-electron chi connectivity index (χ0n) is 7.55. The lowest BCUT2D eigenvalue weighted by atomic mass is 9.88. The highest BCUT2D eigenvalue weighted by Gasteiger charge is 2.28. The fourth-order valence-electron chi connectivity index (χ4n) is 2.15. The Kier molecular flexibility index (Phi) is 2.09. The fourth-order valence-corrected chi connectivity index (χ4v) is 2.15. The molecule has 0 amide bonds. The minimum Gasteiger partial charge on any atom is -0.492 e. The van der Waals surface area contributed by atoms with E-state index >= 15 is 0 Å². The summed E-state index contributed by atoms with van der Waals surface area (Å²) in [5.74, 6) is 2.00. The van der Waals surface area contributed by atoms with E-state index < -0.39 is 0 Å². The third-order valence-corrected chi connectivity index (χ3v) is 2.84. The normalized spacial score (nSPS) is 34.8. The average molecular weight is 168 g/mol. The SMILES string of the molecule is CC1CCC2=C(C1)CC(CO)O2. The topological polar surface area (TPSA) is 29.5 Å². The average Bonchev–Trinajstić information content (AvgIpc) is 2.46. The summed E-state index contributed by atoms with van der Waals surface area (Å²) >= 11 is 0. The van der Waals surface area contributed by atoms with E-state index in [2.05, 4.69) is 6.92 Å².